The van der Waals surface area contributed by atoms with Crippen LogP contribution >= 0.6 is 0 Å². The zero-order valence-electron chi connectivity index (χ0n) is 6.09. The Labute approximate surface area is 64.3 Å². The van der Waals surface area contributed by atoms with Gasteiger partial charge in [0.15, 0.2) is 0 Å². The summed E-state index contributed by atoms with van der Waals surface area (Å²) in [6.45, 7) is 0. The monoisotopic (exact) mass is 157 g/mol. The molecule has 0 spiro atoms. The van der Waals surface area contributed by atoms with E-state index in [1.54, 1.807) is 0 Å². The van der Waals surface area contributed by atoms with Crippen molar-refractivity contribution in [2.24, 2.45) is 5.11 Å². The largest absolute Gasteiger partial charge is 0.393 e. The third-order valence-electron chi connectivity index (χ3n) is 1.85. The van der Waals surface area contributed by atoms with E-state index in [0.717, 1.165) is 0 Å². The molecule has 1 fully saturated rings. The van der Waals surface area contributed by atoms with Crippen LogP contribution in [0.15, 0.2) is 5.11 Å². The van der Waals surface area contributed by atoms with Crippen LogP contribution < -0.4 is 0 Å². The molecular formula is C6H11N3O2. The zero-order valence-corrected chi connectivity index (χ0v) is 6.09. The Morgan fingerprint density at radius 3 is 2.18 bits per heavy atom. The fourth-order valence-electron chi connectivity index (χ4n) is 1.40. The van der Waals surface area contributed by atoms with Crippen molar-refractivity contribution in [1.82, 2.24) is 0 Å². The van der Waals surface area contributed by atoms with Gasteiger partial charge in [0.1, 0.15) is 0 Å². The first kappa shape index (κ1) is 8.33. The SMILES string of the molecule is [N-]=[N+]=NC1C[C@@H](O)C[C@@H](O)C1. The predicted octanol–water partition coefficient (Wildman–Crippen LogP) is 0.571. The molecule has 0 aromatic heterocycles. The molecule has 0 aromatic carbocycles. The first-order valence-corrected chi connectivity index (χ1v) is 3.62. The van der Waals surface area contributed by atoms with E-state index in [-0.39, 0.29) is 6.04 Å². The number of nitrogens with zero attached hydrogens (tertiary/aromatic N) is 3. The summed E-state index contributed by atoms with van der Waals surface area (Å²) < 4.78 is 0. The van der Waals surface area contributed by atoms with E-state index in [4.69, 9.17) is 15.7 Å². The Balaban J connectivity index is 2.49. The van der Waals surface area contributed by atoms with Crippen molar-refractivity contribution in [3.05, 3.63) is 10.4 Å². The lowest BCUT2D eigenvalue weighted by Crippen LogP contribution is -2.31. The normalized spacial score (nSPS) is 37.8. The highest BCUT2D eigenvalue weighted by Gasteiger charge is 2.25. The molecule has 0 radical (unpaired) electrons. The van der Waals surface area contributed by atoms with E-state index in [2.05, 4.69) is 10.0 Å². The first-order chi connectivity index (χ1) is 5.22. The van der Waals surface area contributed by atoms with Gasteiger partial charge in [0.2, 0.25) is 0 Å². The van der Waals surface area contributed by atoms with Gasteiger partial charge >= 0.3 is 0 Å². The number of hydrogen-bond donors (Lipinski definition) is 2. The molecule has 5 nitrogen and oxygen atoms in total. The summed E-state index contributed by atoms with van der Waals surface area (Å²) in [6, 6.07) is -0.237. The van der Waals surface area contributed by atoms with Crippen molar-refractivity contribution in [3.8, 4) is 0 Å². The average Bonchev–Trinajstić information content (AvgIpc) is 1.85. The van der Waals surface area contributed by atoms with Gasteiger partial charge in [-0.2, -0.15) is 0 Å². The Morgan fingerprint density at radius 2 is 1.73 bits per heavy atom. The van der Waals surface area contributed by atoms with Crippen molar-refractivity contribution in [2.75, 3.05) is 0 Å². The fourth-order valence-corrected chi connectivity index (χ4v) is 1.40. The Morgan fingerprint density at radius 1 is 1.18 bits per heavy atom. The van der Waals surface area contributed by atoms with Gasteiger partial charge in [0, 0.05) is 11.0 Å². The minimum absolute atomic E-state index is 0.237. The molecule has 3 atom stereocenters. The van der Waals surface area contributed by atoms with Crippen molar-refractivity contribution in [3.63, 3.8) is 0 Å². The summed E-state index contributed by atoms with van der Waals surface area (Å²) in [4.78, 5) is 2.63. The lowest BCUT2D eigenvalue weighted by atomic mass is 9.91. The van der Waals surface area contributed by atoms with Gasteiger partial charge in [-0.15, -0.1) is 0 Å². The van der Waals surface area contributed by atoms with Crippen LogP contribution in [0.1, 0.15) is 19.3 Å². The number of azide groups is 1. The van der Waals surface area contributed by atoms with Gasteiger partial charge < -0.3 is 10.2 Å². The summed E-state index contributed by atoms with van der Waals surface area (Å²) >= 11 is 0. The second-order valence-electron chi connectivity index (χ2n) is 2.87. The minimum Gasteiger partial charge on any atom is -0.393 e. The summed E-state index contributed by atoms with van der Waals surface area (Å²) in [5.41, 5.74) is 8.09. The highest BCUT2D eigenvalue weighted by molar-refractivity contribution is 4.82. The van der Waals surface area contributed by atoms with Crippen LogP contribution in [0.2, 0.25) is 0 Å². The van der Waals surface area contributed by atoms with E-state index in [9.17, 15) is 0 Å². The topological polar surface area (TPSA) is 89.2 Å². The quantitative estimate of drug-likeness (QED) is 0.331. The highest BCUT2D eigenvalue weighted by Crippen LogP contribution is 2.21. The molecule has 0 aromatic rings. The molecule has 0 saturated heterocycles. The Bertz CT molecular complexity index is 169. The van der Waals surface area contributed by atoms with Crippen molar-refractivity contribution < 1.29 is 10.2 Å². The maximum atomic E-state index is 9.13. The van der Waals surface area contributed by atoms with Crippen molar-refractivity contribution >= 4 is 0 Å². The molecular weight excluding hydrogens is 146 g/mol. The summed E-state index contributed by atoms with van der Waals surface area (Å²) in [5, 5.41) is 21.7. The van der Waals surface area contributed by atoms with Gasteiger partial charge in [-0.05, 0) is 24.8 Å². The van der Waals surface area contributed by atoms with Gasteiger partial charge in [-0.3, -0.25) is 0 Å². The second kappa shape index (κ2) is 3.57. The fraction of sp³-hybridized carbons (Fsp3) is 1.00. The van der Waals surface area contributed by atoms with Gasteiger partial charge in [-0.25, -0.2) is 0 Å². The molecule has 11 heavy (non-hydrogen) atoms. The third kappa shape index (κ3) is 2.38. The van der Waals surface area contributed by atoms with Crippen LogP contribution in [0.25, 0.3) is 10.4 Å². The highest BCUT2D eigenvalue weighted by atomic mass is 16.3. The van der Waals surface area contributed by atoms with E-state index >= 15 is 0 Å². The van der Waals surface area contributed by atoms with Gasteiger partial charge in [0.05, 0.1) is 12.2 Å². The van der Waals surface area contributed by atoms with Crippen molar-refractivity contribution in [1.29, 1.82) is 0 Å². The van der Waals surface area contributed by atoms with E-state index in [0.29, 0.717) is 19.3 Å². The predicted molar refractivity (Wildman–Crippen MR) is 38.8 cm³/mol. The smallest absolute Gasteiger partial charge is 0.0568 e. The lowest BCUT2D eigenvalue weighted by Gasteiger charge is -2.26. The van der Waals surface area contributed by atoms with Crippen LogP contribution in [-0.4, -0.2) is 28.5 Å². The van der Waals surface area contributed by atoms with Crippen LogP contribution in [-0.2, 0) is 0 Å². The molecule has 0 amide bonds. The average molecular weight is 157 g/mol. The molecule has 1 rings (SSSR count). The molecule has 1 unspecified atom stereocenters. The lowest BCUT2D eigenvalue weighted by molar-refractivity contribution is 0.0321. The van der Waals surface area contributed by atoms with Crippen molar-refractivity contribution in [2.45, 2.75) is 37.5 Å². The van der Waals surface area contributed by atoms with E-state index < -0.39 is 12.2 Å². The molecule has 0 bridgehead atoms. The van der Waals surface area contributed by atoms with Crippen LogP contribution in [0.5, 0.6) is 0 Å². The summed E-state index contributed by atoms with van der Waals surface area (Å²) in [7, 11) is 0. The van der Waals surface area contributed by atoms with Gasteiger partial charge in [-0.1, -0.05) is 5.11 Å². The van der Waals surface area contributed by atoms with Crippen LogP contribution in [0.3, 0.4) is 0 Å². The first-order valence-electron chi connectivity index (χ1n) is 3.62. The molecule has 1 aliphatic rings. The molecule has 0 heterocycles. The minimum atomic E-state index is -0.519. The van der Waals surface area contributed by atoms with E-state index in [1.165, 1.54) is 0 Å². The molecule has 5 heteroatoms. The van der Waals surface area contributed by atoms with E-state index in [1.807, 2.05) is 0 Å². The Hall–Kier alpha value is -0.770. The van der Waals surface area contributed by atoms with Gasteiger partial charge in [0.25, 0.3) is 0 Å². The number of rotatable bonds is 1. The van der Waals surface area contributed by atoms with Crippen LogP contribution in [0.4, 0.5) is 0 Å². The summed E-state index contributed by atoms with van der Waals surface area (Å²) in [6.07, 6.45) is 0.308. The number of hydrogen-bond acceptors (Lipinski definition) is 3. The second-order valence-corrected chi connectivity index (χ2v) is 2.87. The number of aliphatic hydroxyl groups is 2. The molecule has 1 aliphatic carbocycles. The summed E-state index contributed by atoms with van der Waals surface area (Å²) in [5.74, 6) is 0. The molecule has 0 aliphatic heterocycles. The standard InChI is InChI=1S/C6H11N3O2/c7-9-8-4-1-5(10)3-6(11)2-4/h4-6,10-11H,1-3H2/t4?,5-,6+. The maximum Gasteiger partial charge on any atom is 0.0568 e. The molecule has 1 saturated carbocycles. The molecule has 2 N–H and O–H groups in total. The Kier molecular flexibility index (Phi) is 2.70. The van der Waals surface area contributed by atoms with Crippen LogP contribution in [0, 0.1) is 0 Å². The maximum absolute atomic E-state index is 9.13. The number of aliphatic hydroxyl groups excluding tert-OH is 2. The molecule has 62 valence electrons. The zero-order chi connectivity index (χ0) is 8.27. The third-order valence-corrected chi connectivity index (χ3v) is 1.85.